The quantitative estimate of drug-likeness (QED) is 0.641. The van der Waals surface area contributed by atoms with Gasteiger partial charge in [-0.3, -0.25) is 9.59 Å². The molecule has 1 aliphatic rings. The smallest absolute Gasteiger partial charge is 0.233 e. The van der Waals surface area contributed by atoms with E-state index >= 15 is 0 Å². The Balaban J connectivity index is 1.61. The number of methoxy groups -OCH3 is 1. The Hall–Kier alpha value is -2.87. The monoisotopic (exact) mass is 373 g/mol. The highest BCUT2D eigenvalue weighted by Crippen LogP contribution is 2.32. The number of anilines is 1. The van der Waals surface area contributed by atoms with Gasteiger partial charge in [-0.25, -0.2) is 4.98 Å². The molecule has 8 nitrogen and oxygen atoms in total. The standard InChI is InChI=1S/C19H23N3O5/c1-26-15-8-13(4-5-14(15)16-10-20-12-27-16)21-17(24)9-18(25)22-19(11-23)6-2-3-7-19/h4-5,8,10,12,23H,2-3,6-7,9,11H2,1H3,(H,21,24)(H,22,25). The number of nitrogens with one attached hydrogen (secondary N) is 2. The van der Waals surface area contributed by atoms with Crippen molar-refractivity contribution in [2.45, 2.75) is 37.6 Å². The summed E-state index contributed by atoms with van der Waals surface area (Å²) >= 11 is 0. The molecule has 2 amide bonds. The van der Waals surface area contributed by atoms with Gasteiger partial charge in [0.15, 0.2) is 12.2 Å². The molecular formula is C19H23N3O5. The molecule has 2 aromatic rings. The van der Waals surface area contributed by atoms with Crippen LogP contribution in [-0.2, 0) is 9.59 Å². The molecule has 144 valence electrons. The molecule has 0 bridgehead atoms. The largest absolute Gasteiger partial charge is 0.496 e. The summed E-state index contributed by atoms with van der Waals surface area (Å²) in [5, 5.41) is 15.1. The molecule has 27 heavy (non-hydrogen) atoms. The number of hydrogen-bond donors (Lipinski definition) is 3. The normalized spacial score (nSPS) is 15.3. The van der Waals surface area contributed by atoms with E-state index in [1.54, 1.807) is 24.4 Å². The first kappa shape index (κ1) is 18.9. The van der Waals surface area contributed by atoms with Gasteiger partial charge in [0.1, 0.15) is 12.2 Å². The van der Waals surface area contributed by atoms with Gasteiger partial charge in [0.25, 0.3) is 0 Å². The zero-order valence-electron chi connectivity index (χ0n) is 15.2. The Morgan fingerprint density at radius 3 is 2.70 bits per heavy atom. The number of nitrogens with zero attached hydrogens (tertiary/aromatic N) is 1. The SMILES string of the molecule is COc1cc(NC(=O)CC(=O)NC2(CO)CCCC2)ccc1-c1cnco1. The van der Waals surface area contributed by atoms with E-state index in [4.69, 9.17) is 9.15 Å². The average Bonchev–Trinajstić information content (AvgIpc) is 3.33. The van der Waals surface area contributed by atoms with Crippen molar-refractivity contribution >= 4 is 17.5 Å². The fourth-order valence-electron chi connectivity index (χ4n) is 3.39. The average molecular weight is 373 g/mol. The summed E-state index contributed by atoms with van der Waals surface area (Å²) in [4.78, 5) is 28.2. The Morgan fingerprint density at radius 1 is 1.30 bits per heavy atom. The van der Waals surface area contributed by atoms with E-state index in [1.807, 2.05) is 0 Å². The molecule has 1 heterocycles. The van der Waals surface area contributed by atoms with E-state index in [1.165, 1.54) is 13.5 Å². The fraction of sp³-hybridized carbons (Fsp3) is 0.421. The van der Waals surface area contributed by atoms with Gasteiger partial charge in [0.05, 0.1) is 31.0 Å². The van der Waals surface area contributed by atoms with Crippen molar-refractivity contribution in [3.8, 4) is 17.1 Å². The van der Waals surface area contributed by atoms with Crippen LogP contribution in [0.5, 0.6) is 5.75 Å². The van der Waals surface area contributed by atoms with Gasteiger partial charge < -0.3 is 24.9 Å². The lowest BCUT2D eigenvalue weighted by Crippen LogP contribution is -2.49. The van der Waals surface area contributed by atoms with E-state index in [2.05, 4.69) is 15.6 Å². The molecule has 0 radical (unpaired) electrons. The highest BCUT2D eigenvalue weighted by molar-refractivity contribution is 6.04. The second-order valence-electron chi connectivity index (χ2n) is 6.70. The zero-order chi connectivity index (χ0) is 19.3. The van der Waals surface area contributed by atoms with Crippen LogP contribution in [0.4, 0.5) is 5.69 Å². The van der Waals surface area contributed by atoms with E-state index in [9.17, 15) is 14.7 Å². The summed E-state index contributed by atoms with van der Waals surface area (Å²) < 4.78 is 10.6. The number of carbonyl (C=O) groups is 2. The number of rotatable bonds is 7. The molecule has 0 atom stereocenters. The number of aliphatic hydroxyl groups is 1. The van der Waals surface area contributed by atoms with Gasteiger partial charge in [-0.05, 0) is 25.0 Å². The van der Waals surface area contributed by atoms with Crippen LogP contribution in [0.3, 0.4) is 0 Å². The molecule has 1 aromatic heterocycles. The third kappa shape index (κ3) is 4.46. The van der Waals surface area contributed by atoms with Crippen LogP contribution in [0, 0.1) is 0 Å². The van der Waals surface area contributed by atoms with Gasteiger partial charge in [0.2, 0.25) is 11.8 Å². The van der Waals surface area contributed by atoms with Crippen LogP contribution in [0.25, 0.3) is 11.3 Å². The molecule has 0 spiro atoms. The molecular weight excluding hydrogens is 350 g/mol. The summed E-state index contributed by atoms with van der Waals surface area (Å²) in [6.45, 7) is -0.110. The molecule has 3 rings (SSSR count). The number of amides is 2. The van der Waals surface area contributed by atoms with Crippen LogP contribution >= 0.6 is 0 Å². The zero-order valence-corrected chi connectivity index (χ0v) is 15.2. The minimum atomic E-state index is -0.584. The summed E-state index contributed by atoms with van der Waals surface area (Å²) in [7, 11) is 1.52. The van der Waals surface area contributed by atoms with Crippen molar-refractivity contribution in [2.75, 3.05) is 19.0 Å². The van der Waals surface area contributed by atoms with E-state index < -0.39 is 17.4 Å². The van der Waals surface area contributed by atoms with Crippen molar-refractivity contribution in [2.24, 2.45) is 0 Å². The Labute approximate surface area is 156 Å². The van der Waals surface area contributed by atoms with Crippen LogP contribution < -0.4 is 15.4 Å². The lowest BCUT2D eigenvalue weighted by Gasteiger charge is -2.27. The second kappa shape index (κ2) is 8.22. The van der Waals surface area contributed by atoms with Crippen molar-refractivity contribution < 1.29 is 23.8 Å². The molecule has 3 N–H and O–H groups in total. The molecule has 0 saturated heterocycles. The van der Waals surface area contributed by atoms with Crippen molar-refractivity contribution in [1.29, 1.82) is 0 Å². The summed E-state index contributed by atoms with van der Waals surface area (Å²) in [6.07, 6.45) is 5.98. The lowest BCUT2D eigenvalue weighted by atomic mass is 9.98. The van der Waals surface area contributed by atoms with Crippen molar-refractivity contribution in [1.82, 2.24) is 10.3 Å². The molecule has 1 saturated carbocycles. The minimum Gasteiger partial charge on any atom is -0.496 e. The van der Waals surface area contributed by atoms with Gasteiger partial charge in [-0.1, -0.05) is 12.8 Å². The first-order valence-corrected chi connectivity index (χ1v) is 8.84. The van der Waals surface area contributed by atoms with E-state index in [-0.39, 0.29) is 13.0 Å². The summed E-state index contributed by atoms with van der Waals surface area (Å²) in [6, 6.07) is 5.09. The number of carbonyl (C=O) groups excluding carboxylic acids is 2. The lowest BCUT2D eigenvalue weighted by molar-refractivity contribution is -0.128. The molecule has 0 unspecified atom stereocenters. The van der Waals surface area contributed by atoms with Crippen molar-refractivity contribution in [3.63, 3.8) is 0 Å². The van der Waals surface area contributed by atoms with Crippen LogP contribution in [0.2, 0.25) is 0 Å². The maximum absolute atomic E-state index is 12.2. The third-order valence-corrected chi connectivity index (χ3v) is 4.77. The first-order chi connectivity index (χ1) is 13.0. The van der Waals surface area contributed by atoms with Gasteiger partial charge in [-0.15, -0.1) is 0 Å². The van der Waals surface area contributed by atoms with Crippen LogP contribution in [0.15, 0.2) is 35.2 Å². The Kier molecular flexibility index (Phi) is 5.75. The number of benzene rings is 1. The van der Waals surface area contributed by atoms with Crippen LogP contribution in [-0.4, -0.2) is 41.2 Å². The van der Waals surface area contributed by atoms with Gasteiger partial charge >= 0.3 is 0 Å². The number of hydrogen-bond acceptors (Lipinski definition) is 6. The molecule has 1 fully saturated rings. The highest BCUT2D eigenvalue weighted by Gasteiger charge is 2.34. The third-order valence-electron chi connectivity index (χ3n) is 4.77. The first-order valence-electron chi connectivity index (χ1n) is 8.84. The highest BCUT2D eigenvalue weighted by atomic mass is 16.5. The maximum Gasteiger partial charge on any atom is 0.233 e. The number of oxazole rings is 1. The van der Waals surface area contributed by atoms with Gasteiger partial charge in [0, 0.05) is 11.8 Å². The topological polar surface area (TPSA) is 114 Å². The molecule has 1 aromatic carbocycles. The Morgan fingerprint density at radius 2 is 2.07 bits per heavy atom. The predicted octanol–water partition coefficient (Wildman–Crippen LogP) is 2.10. The molecule has 8 heteroatoms. The number of ether oxygens (including phenoxy) is 1. The summed E-state index contributed by atoms with van der Waals surface area (Å²) in [5.74, 6) is 0.232. The summed E-state index contributed by atoms with van der Waals surface area (Å²) in [5.41, 5.74) is 0.627. The molecule has 0 aliphatic heterocycles. The Bertz CT molecular complexity index is 798. The van der Waals surface area contributed by atoms with Gasteiger partial charge in [-0.2, -0.15) is 0 Å². The van der Waals surface area contributed by atoms with Crippen LogP contribution in [0.1, 0.15) is 32.1 Å². The predicted molar refractivity (Wildman–Crippen MR) is 98.2 cm³/mol. The minimum absolute atomic E-state index is 0.110. The maximum atomic E-state index is 12.2. The fourth-order valence-corrected chi connectivity index (χ4v) is 3.39. The van der Waals surface area contributed by atoms with E-state index in [0.29, 0.717) is 22.8 Å². The molecule has 1 aliphatic carbocycles. The number of aromatic nitrogens is 1. The second-order valence-corrected chi connectivity index (χ2v) is 6.70. The van der Waals surface area contributed by atoms with E-state index in [0.717, 1.165) is 25.7 Å². The van der Waals surface area contributed by atoms with Crippen molar-refractivity contribution in [3.05, 3.63) is 30.8 Å². The number of aliphatic hydroxyl groups excluding tert-OH is 1.